The molecular weight excluding hydrogens is 369 g/mol. The first-order valence-electron chi connectivity index (χ1n) is 7.66. The average molecular weight is 393 g/mol. The lowest BCUT2D eigenvalue weighted by Gasteiger charge is -2.21. The molecule has 1 unspecified atom stereocenters. The summed E-state index contributed by atoms with van der Waals surface area (Å²) in [6.45, 7) is 6.64. The molecule has 112 valence electrons. The molecule has 0 spiro atoms. The molecule has 0 saturated heterocycles. The fourth-order valence-electron chi connectivity index (χ4n) is 2.89. The van der Waals surface area contributed by atoms with E-state index in [0.29, 0.717) is 0 Å². The molecule has 2 heteroatoms. The summed E-state index contributed by atoms with van der Waals surface area (Å²) in [4.78, 5) is 0. The van der Waals surface area contributed by atoms with Crippen molar-refractivity contribution in [3.8, 4) is 0 Å². The quantitative estimate of drug-likeness (QED) is 0.703. The first kappa shape index (κ1) is 16.5. The molecule has 21 heavy (non-hydrogen) atoms. The average Bonchev–Trinajstić information content (AvgIpc) is 2.51. The Bertz CT molecular complexity index is 619. The van der Waals surface area contributed by atoms with Gasteiger partial charge in [-0.25, -0.2) is 0 Å². The van der Waals surface area contributed by atoms with Gasteiger partial charge in [0, 0.05) is 3.57 Å². The third kappa shape index (κ3) is 3.49. The standard InChI is InChI=1S/C19H24IN/c1-5-14-10-11-16(12-15(14)6-2)19(21-4)17-9-7-8-13(3)18(17)20/h7-12,19,21H,5-6H2,1-4H3. The van der Waals surface area contributed by atoms with Crippen LogP contribution in [0.2, 0.25) is 0 Å². The van der Waals surface area contributed by atoms with Crippen molar-refractivity contribution in [2.45, 2.75) is 39.7 Å². The molecule has 1 atom stereocenters. The van der Waals surface area contributed by atoms with Gasteiger partial charge in [0.1, 0.15) is 0 Å². The maximum absolute atomic E-state index is 3.49. The monoisotopic (exact) mass is 393 g/mol. The van der Waals surface area contributed by atoms with Gasteiger partial charge in [0.05, 0.1) is 6.04 Å². The third-order valence-electron chi connectivity index (χ3n) is 4.15. The Kier molecular flexibility index (Phi) is 5.82. The van der Waals surface area contributed by atoms with Gasteiger partial charge in [-0.1, -0.05) is 50.2 Å². The van der Waals surface area contributed by atoms with Gasteiger partial charge in [0.2, 0.25) is 0 Å². The first-order chi connectivity index (χ1) is 10.1. The van der Waals surface area contributed by atoms with E-state index in [-0.39, 0.29) is 6.04 Å². The van der Waals surface area contributed by atoms with Crippen molar-refractivity contribution < 1.29 is 0 Å². The summed E-state index contributed by atoms with van der Waals surface area (Å²) in [6.07, 6.45) is 2.20. The Morgan fingerprint density at radius 3 is 2.38 bits per heavy atom. The summed E-state index contributed by atoms with van der Waals surface area (Å²) < 4.78 is 1.35. The highest BCUT2D eigenvalue weighted by Crippen LogP contribution is 2.29. The van der Waals surface area contributed by atoms with Crippen LogP contribution in [0.25, 0.3) is 0 Å². The maximum Gasteiger partial charge on any atom is 0.0584 e. The van der Waals surface area contributed by atoms with Crippen molar-refractivity contribution in [1.82, 2.24) is 5.32 Å². The van der Waals surface area contributed by atoms with E-state index in [2.05, 4.69) is 85.1 Å². The Morgan fingerprint density at radius 1 is 1.05 bits per heavy atom. The lowest BCUT2D eigenvalue weighted by Crippen LogP contribution is -2.19. The predicted octanol–water partition coefficient (Wildman–Crippen LogP) is 5.03. The van der Waals surface area contributed by atoms with Gasteiger partial charge in [-0.3, -0.25) is 0 Å². The van der Waals surface area contributed by atoms with E-state index in [0.717, 1.165) is 12.8 Å². The highest BCUT2D eigenvalue weighted by molar-refractivity contribution is 14.1. The van der Waals surface area contributed by atoms with Crippen LogP contribution in [0.1, 0.15) is 47.7 Å². The molecule has 0 aromatic heterocycles. The van der Waals surface area contributed by atoms with Crippen molar-refractivity contribution >= 4 is 22.6 Å². The van der Waals surface area contributed by atoms with E-state index in [9.17, 15) is 0 Å². The van der Waals surface area contributed by atoms with Crippen LogP contribution < -0.4 is 5.32 Å². The molecule has 2 aromatic carbocycles. The van der Waals surface area contributed by atoms with Crippen molar-refractivity contribution in [2.24, 2.45) is 0 Å². The molecule has 0 heterocycles. The maximum atomic E-state index is 3.49. The smallest absolute Gasteiger partial charge is 0.0584 e. The minimum atomic E-state index is 0.257. The molecule has 1 N–H and O–H groups in total. The zero-order valence-corrected chi connectivity index (χ0v) is 15.5. The molecule has 0 fully saturated rings. The van der Waals surface area contributed by atoms with E-state index >= 15 is 0 Å². The summed E-state index contributed by atoms with van der Waals surface area (Å²) in [7, 11) is 2.04. The number of benzene rings is 2. The minimum absolute atomic E-state index is 0.257. The van der Waals surface area contributed by atoms with E-state index in [1.54, 1.807) is 0 Å². The number of hydrogen-bond donors (Lipinski definition) is 1. The second-order valence-corrected chi connectivity index (χ2v) is 6.51. The lowest BCUT2D eigenvalue weighted by atomic mass is 9.93. The van der Waals surface area contributed by atoms with E-state index in [4.69, 9.17) is 0 Å². The zero-order valence-electron chi connectivity index (χ0n) is 13.3. The van der Waals surface area contributed by atoms with Gasteiger partial charge in [-0.15, -0.1) is 0 Å². The van der Waals surface area contributed by atoms with Gasteiger partial charge < -0.3 is 5.32 Å². The molecule has 1 nitrogen and oxygen atoms in total. The van der Waals surface area contributed by atoms with Crippen LogP contribution in [0.5, 0.6) is 0 Å². The van der Waals surface area contributed by atoms with Crippen LogP contribution in [0.15, 0.2) is 36.4 Å². The molecule has 0 radical (unpaired) electrons. The third-order valence-corrected chi connectivity index (χ3v) is 5.62. The second kappa shape index (κ2) is 7.41. The van der Waals surface area contributed by atoms with Crippen LogP contribution in [0, 0.1) is 10.5 Å². The van der Waals surface area contributed by atoms with Gasteiger partial charge in [0.25, 0.3) is 0 Å². The highest BCUT2D eigenvalue weighted by atomic mass is 127. The van der Waals surface area contributed by atoms with Crippen LogP contribution in [-0.2, 0) is 12.8 Å². The summed E-state index contributed by atoms with van der Waals surface area (Å²) >= 11 is 2.46. The molecule has 0 amide bonds. The fraction of sp³-hybridized carbons (Fsp3) is 0.368. The van der Waals surface area contributed by atoms with Gasteiger partial charge in [-0.05, 0) is 77.2 Å². The van der Waals surface area contributed by atoms with E-state index in [1.165, 1.54) is 31.4 Å². The molecule has 0 aliphatic carbocycles. The number of aryl methyl sites for hydroxylation is 3. The first-order valence-corrected chi connectivity index (χ1v) is 8.74. The molecule has 2 rings (SSSR count). The lowest BCUT2D eigenvalue weighted by molar-refractivity contribution is 0.686. The van der Waals surface area contributed by atoms with Gasteiger partial charge in [0.15, 0.2) is 0 Å². The number of hydrogen-bond acceptors (Lipinski definition) is 1. The van der Waals surface area contributed by atoms with Crippen molar-refractivity contribution in [3.05, 3.63) is 67.8 Å². The Balaban J connectivity index is 2.49. The predicted molar refractivity (Wildman–Crippen MR) is 100.0 cm³/mol. The largest absolute Gasteiger partial charge is 0.309 e. The van der Waals surface area contributed by atoms with Crippen molar-refractivity contribution in [3.63, 3.8) is 0 Å². The van der Waals surface area contributed by atoms with Gasteiger partial charge >= 0.3 is 0 Å². The van der Waals surface area contributed by atoms with Crippen LogP contribution >= 0.6 is 22.6 Å². The van der Waals surface area contributed by atoms with Crippen molar-refractivity contribution in [2.75, 3.05) is 7.05 Å². The molecule has 2 aromatic rings. The Morgan fingerprint density at radius 2 is 1.76 bits per heavy atom. The van der Waals surface area contributed by atoms with Crippen molar-refractivity contribution in [1.29, 1.82) is 0 Å². The molecule has 0 aliphatic heterocycles. The van der Waals surface area contributed by atoms with Crippen LogP contribution in [0.3, 0.4) is 0 Å². The van der Waals surface area contributed by atoms with E-state index in [1.807, 2.05) is 7.05 Å². The molecule has 0 bridgehead atoms. The summed E-state index contributed by atoms with van der Waals surface area (Å²) in [5, 5.41) is 3.49. The number of nitrogens with one attached hydrogen (secondary N) is 1. The zero-order chi connectivity index (χ0) is 15.4. The topological polar surface area (TPSA) is 12.0 Å². The number of rotatable bonds is 5. The minimum Gasteiger partial charge on any atom is -0.309 e. The molecule has 0 aliphatic rings. The summed E-state index contributed by atoms with van der Waals surface area (Å²) in [5.41, 5.74) is 7.00. The normalized spacial score (nSPS) is 12.4. The second-order valence-electron chi connectivity index (χ2n) is 5.44. The van der Waals surface area contributed by atoms with Crippen LogP contribution in [-0.4, -0.2) is 7.05 Å². The SMILES string of the molecule is CCc1ccc(C(NC)c2cccc(C)c2I)cc1CC. The molecular formula is C19H24IN. The number of halogens is 1. The Labute approximate surface area is 142 Å². The summed E-state index contributed by atoms with van der Waals surface area (Å²) in [6, 6.07) is 13.8. The summed E-state index contributed by atoms with van der Waals surface area (Å²) in [5.74, 6) is 0. The van der Waals surface area contributed by atoms with Gasteiger partial charge in [-0.2, -0.15) is 0 Å². The fourth-order valence-corrected chi connectivity index (χ4v) is 3.57. The Hall–Kier alpha value is -0.870. The van der Waals surface area contributed by atoms with E-state index < -0.39 is 0 Å². The van der Waals surface area contributed by atoms with Crippen LogP contribution in [0.4, 0.5) is 0 Å². The highest BCUT2D eigenvalue weighted by Gasteiger charge is 2.16. The molecule has 0 saturated carbocycles.